The van der Waals surface area contributed by atoms with Crippen molar-refractivity contribution in [2.24, 2.45) is 0 Å². The molecule has 0 aliphatic rings. The van der Waals surface area contributed by atoms with E-state index in [-0.39, 0.29) is 11.2 Å². The highest BCUT2D eigenvalue weighted by Gasteiger charge is 2.12. The van der Waals surface area contributed by atoms with Gasteiger partial charge in [-0.25, -0.2) is 4.79 Å². The summed E-state index contributed by atoms with van der Waals surface area (Å²) < 4.78 is 11.0. The summed E-state index contributed by atoms with van der Waals surface area (Å²) in [6.45, 7) is 8.54. The third kappa shape index (κ3) is 4.75. The van der Waals surface area contributed by atoms with Crippen LogP contribution in [0.4, 0.5) is 0 Å². The Labute approximate surface area is 108 Å². The smallest absolute Gasteiger partial charge is 0.339 e. The Morgan fingerprint density at radius 2 is 1.94 bits per heavy atom. The molecule has 18 heavy (non-hydrogen) atoms. The summed E-state index contributed by atoms with van der Waals surface area (Å²) in [5.41, 5.74) is 0.925. The van der Waals surface area contributed by atoms with Crippen molar-refractivity contribution in [2.75, 3.05) is 13.2 Å². The molecular formula is C14H20O4. The van der Waals surface area contributed by atoms with Crippen molar-refractivity contribution >= 4 is 5.97 Å². The van der Waals surface area contributed by atoms with Crippen LogP contribution in [0, 0.1) is 6.92 Å². The number of rotatable bonds is 5. The van der Waals surface area contributed by atoms with Crippen molar-refractivity contribution in [3.63, 3.8) is 0 Å². The monoisotopic (exact) mass is 252 g/mol. The molecule has 1 aromatic rings. The van der Waals surface area contributed by atoms with Gasteiger partial charge in [-0.05, 0) is 45.4 Å². The van der Waals surface area contributed by atoms with E-state index in [1.807, 2.05) is 27.7 Å². The minimum Gasteiger partial charge on any atom is -0.490 e. The molecule has 0 unspecified atom stereocenters. The molecular weight excluding hydrogens is 232 g/mol. The van der Waals surface area contributed by atoms with Gasteiger partial charge < -0.3 is 14.6 Å². The molecule has 0 saturated carbocycles. The normalized spacial score (nSPS) is 11.3. The molecule has 0 aliphatic carbocycles. The van der Waals surface area contributed by atoms with Crippen molar-refractivity contribution in [3.8, 4) is 5.75 Å². The minimum atomic E-state index is -0.985. The van der Waals surface area contributed by atoms with Gasteiger partial charge in [0.2, 0.25) is 0 Å². The molecule has 4 nitrogen and oxygen atoms in total. The van der Waals surface area contributed by atoms with Crippen molar-refractivity contribution in [1.82, 2.24) is 0 Å². The van der Waals surface area contributed by atoms with Gasteiger partial charge in [-0.1, -0.05) is 6.07 Å². The highest BCUT2D eigenvalue weighted by molar-refractivity contribution is 5.90. The fourth-order valence-electron chi connectivity index (χ4n) is 1.43. The van der Waals surface area contributed by atoms with E-state index in [9.17, 15) is 4.79 Å². The molecule has 0 aliphatic heterocycles. The highest BCUT2D eigenvalue weighted by atomic mass is 16.5. The number of aromatic carboxylic acids is 1. The fraction of sp³-hybridized carbons (Fsp3) is 0.500. The van der Waals surface area contributed by atoms with Crippen LogP contribution in [0.1, 0.15) is 36.7 Å². The van der Waals surface area contributed by atoms with E-state index in [4.69, 9.17) is 14.6 Å². The first kappa shape index (κ1) is 14.5. The number of hydrogen-bond acceptors (Lipinski definition) is 3. The lowest BCUT2D eigenvalue weighted by molar-refractivity contribution is -0.0164. The van der Waals surface area contributed by atoms with Crippen molar-refractivity contribution in [1.29, 1.82) is 0 Å². The quantitative estimate of drug-likeness (QED) is 0.819. The van der Waals surface area contributed by atoms with E-state index in [1.54, 1.807) is 18.2 Å². The standard InChI is InChI=1S/C14H20O4/c1-10-5-6-11(13(15)16)12(9-10)17-7-8-18-14(2,3)4/h5-6,9H,7-8H2,1-4H3,(H,15,16). The Morgan fingerprint density at radius 1 is 1.28 bits per heavy atom. The van der Waals surface area contributed by atoms with Crippen LogP contribution in [-0.4, -0.2) is 29.9 Å². The lowest BCUT2D eigenvalue weighted by atomic mass is 10.1. The van der Waals surface area contributed by atoms with Gasteiger partial charge in [0.05, 0.1) is 12.2 Å². The Bertz CT molecular complexity index is 418. The molecule has 0 fully saturated rings. The fourth-order valence-corrected chi connectivity index (χ4v) is 1.43. The predicted molar refractivity (Wildman–Crippen MR) is 69.3 cm³/mol. The Hall–Kier alpha value is -1.55. The third-order valence-electron chi connectivity index (χ3n) is 2.24. The van der Waals surface area contributed by atoms with Crippen LogP contribution in [0.3, 0.4) is 0 Å². The maximum absolute atomic E-state index is 11.0. The summed E-state index contributed by atoms with van der Waals surface area (Å²) in [5, 5.41) is 9.03. The lowest BCUT2D eigenvalue weighted by Crippen LogP contribution is -2.22. The molecule has 4 heteroatoms. The van der Waals surface area contributed by atoms with Crippen molar-refractivity contribution < 1.29 is 19.4 Å². The van der Waals surface area contributed by atoms with Gasteiger partial charge in [-0.3, -0.25) is 0 Å². The summed E-state index contributed by atoms with van der Waals surface area (Å²) in [7, 11) is 0. The van der Waals surface area contributed by atoms with Gasteiger partial charge in [0, 0.05) is 0 Å². The summed E-state index contributed by atoms with van der Waals surface area (Å²) >= 11 is 0. The van der Waals surface area contributed by atoms with Gasteiger partial charge in [-0.2, -0.15) is 0 Å². The molecule has 0 aromatic heterocycles. The molecule has 100 valence electrons. The van der Waals surface area contributed by atoms with E-state index in [0.717, 1.165) is 5.56 Å². The van der Waals surface area contributed by atoms with Gasteiger partial charge in [0.25, 0.3) is 0 Å². The van der Waals surface area contributed by atoms with Crippen molar-refractivity contribution in [3.05, 3.63) is 29.3 Å². The number of carboxylic acid groups (broad SMARTS) is 1. The molecule has 0 atom stereocenters. The first-order valence-corrected chi connectivity index (χ1v) is 5.90. The number of carbonyl (C=O) groups is 1. The van der Waals surface area contributed by atoms with Crippen LogP contribution >= 0.6 is 0 Å². The van der Waals surface area contributed by atoms with Crippen molar-refractivity contribution in [2.45, 2.75) is 33.3 Å². The Kier molecular flexibility index (Phi) is 4.73. The first-order valence-electron chi connectivity index (χ1n) is 5.90. The third-order valence-corrected chi connectivity index (χ3v) is 2.24. The second-order valence-corrected chi connectivity index (χ2v) is 5.11. The van der Waals surface area contributed by atoms with E-state index in [1.165, 1.54) is 0 Å². The van der Waals surface area contributed by atoms with Gasteiger partial charge >= 0.3 is 5.97 Å². The second-order valence-electron chi connectivity index (χ2n) is 5.11. The summed E-state index contributed by atoms with van der Waals surface area (Å²) in [4.78, 5) is 11.0. The Balaban J connectivity index is 2.61. The summed E-state index contributed by atoms with van der Waals surface area (Å²) in [6, 6.07) is 5.03. The van der Waals surface area contributed by atoms with Gasteiger partial charge in [-0.15, -0.1) is 0 Å². The van der Waals surface area contributed by atoms with E-state index in [0.29, 0.717) is 19.0 Å². The van der Waals surface area contributed by atoms with Gasteiger partial charge in [0.15, 0.2) is 0 Å². The van der Waals surface area contributed by atoms with Gasteiger partial charge in [0.1, 0.15) is 17.9 Å². The molecule has 1 N–H and O–H groups in total. The average Bonchev–Trinajstić information content (AvgIpc) is 2.22. The number of benzene rings is 1. The molecule has 0 saturated heterocycles. The molecule has 0 radical (unpaired) electrons. The number of aryl methyl sites for hydroxylation is 1. The number of hydrogen-bond donors (Lipinski definition) is 1. The maximum Gasteiger partial charge on any atom is 0.339 e. The summed E-state index contributed by atoms with van der Waals surface area (Å²) in [5.74, 6) is -0.596. The topological polar surface area (TPSA) is 55.8 Å². The van der Waals surface area contributed by atoms with E-state index < -0.39 is 5.97 Å². The molecule has 0 amide bonds. The predicted octanol–water partition coefficient (Wildman–Crippen LogP) is 2.89. The maximum atomic E-state index is 11.0. The molecule has 1 rings (SSSR count). The largest absolute Gasteiger partial charge is 0.490 e. The Morgan fingerprint density at radius 3 is 2.50 bits per heavy atom. The summed E-state index contributed by atoms with van der Waals surface area (Å²) in [6.07, 6.45) is 0. The molecule has 0 spiro atoms. The lowest BCUT2D eigenvalue weighted by Gasteiger charge is -2.19. The van der Waals surface area contributed by atoms with Crippen LogP contribution in [-0.2, 0) is 4.74 Å². The number of carboxylic acids is 1. The minimum absolute atomic E-state index is 0.177. The molecule has 1 aromatic carbocycles. The van der Waals surface area contributed by atoms with E-state index >= 15 is 0 Å². The average molecular weight is 252 g/mol. The zero-order chi connectivity index (χ0) is 13.8. The van der Waals surface area contributed by atoms with Crippen LogP contribution in [0.2, 0.25) is 0 Å². The van der Waals surface area contributed by atoms with Crippen LogP contribution < -0.4 is 4.74 Å². The SMILES string of the molecule is Cc1ccc(C(=O)O)c(OCCOC(C)(C)C)c1. The van der Waals surface area contributed by atoms with E-state index in [2.05, 4.69) is 0 Å². The number of ether oxygens (including phenoxy) is 2. The second kappa shape index (κ2) is 5.87. The zero-order valence-corrected chi connectivity index (χ0v) is 11.3. The van der Waals surface area contributed by atoms with Crippen LogP contribution in [0.25, 0.3) is 0 Å². The van der Waals surface area contributed by atoms with Crippen LogP contribution in [0.15, 0.2) is 18.2 Å². The molecule has 0 bridgehead atoms. The van der Waals surface area contributed by atoms with Crippen LogP contribution in [0.5, 0.6) is 5.75 Å². The first-order chi connectivity index (χ1) is 8.29. The zero-order valence-electron chi connectivity index (χ0n) is 11.3. The molecule has 0 heterocycles. The highest BCUT2D eigenvalue weighted by Crippen LogP contribution is 2.20.